The van der Waals surface area contributed by atoms with Crippen molar-refractivity contribution in [2.45, 2.75) is 42.8 Å². The quantitative estimate of drug-likeness (QED) is 0.300. The van der Waals surface area contributed by atoms with E-state index in [2.05, 4.69) is 0 Å². The predicted molar refractivity (Wildman–Crippen MR) is 188 cm³/mol. The van der Waals surface area contributed by atoms with E-state index >= 15 is 4.79 Å². The highest BCUT2D eigenvalue weighted by molar-refractivity contribution is 7.90. The molecule has 0 saturated carbocycles. The number of hydrogen-bond donors (Lipinski definition) is 2. The van der Waals surface area contributed by atoms with E-state index in [-0.39, 0.29) is 52.9 Å². The molecule has 10 nitrogen and oxygen atoms in total. The van der Waals surface area contributed by atoms with Gasteiger partial charge in [-0.05, 0) is 62.2 Å². The van der Waals surface area contributed by atoms with Gasteiger partial charge in [-0.3, -0.25) is 14.8 Å². The molecule has 14 heteroatoms. The smallest absolute Gasteiger partial charge is 0.326 e. The Bertz CT molecular complexity index is 1800. The third kappa shape index (κ3) is 6.79. The van der Waals surface area contributed by atoms with Crippen LogP contribution < -0.4 is 4.74 Å². The number of amides is 2. The van der Waals surface area contributed by atoms with Crippen molar-refractivity contribution in [3.05, 3.63) is 92.4 Å². The summed E-state index contributed by atoms with van der Waals surface area (Å²) in [5.41, 5.74) is -0.557. The van der Waals surface area contributed by atoms with E-state index in [4.69, 9.17) is 44.5 Å². The van der Waals surface area contributed by atoms with E-state index in [9.17, 15) is 18.6 Å². The number of aliphatic imine (C=N–C) groups is 1. The second-order valence-corrected chi connectivity index (χ2v) is 15.6. The monoisotopic (exact) mass is 736 g/mol. The fourth-order valence-electron chi connectivity index (χ4n) is 6.46. The van der Waals surface area contributed by atoms with E-state index in [1.807, 2.05) is 43.0 Å². The molecule has 0 aliphatic carbocycles. The molecular formula is C34H39Cl3N4O6S. The number of urea groups is 1. The Morgan fingerprint density at radius 2 is 1.52 bits per heavy atom. The third-order valence-electron chi connectivity index (χ3n) is 9.24. The highest BCUT2D eigenvalue weighted by Gasteiger charge is 2.60. The van der Waals surface area contributed by atoms with Gasteiger partial charge in [0.1, 0.15) is 22.7 Å². The zero-order valence-corrected chi connectivity index (χ0v) is 30.2. The van der Waals surface area contributed by atoms with Gasteiger partial charge in [0.2, 0.25) is 0 Å². The predicted octanol–water partition coefficient (Wildman–Crippen LogP) is 5.43. The summed E-state index contributed by atoms with van der Waals surface area (Å²) in [6.45, 7) is 7.44. The molecule has 3 atom stereocenters. The standard InChI is InChI=1S/C34H39Cl3N4O6S/c1-5-47-29-19-28(37)30(48(4,45)46)18-27(29)31-38-33(2,22-6-10-24(35)11-7-22)34(3,23-8-12-25(36)13-9-23)41(31)32(44)40-16-14-39(15-17-40)20-26(43)21-42/h6-13,18-19,26,42-43H,5,14-17,20-21H2,1-4H3/t26-,33-,34+/m0/s1. The van der Waals surface area contributed by atoms with Crippen molar-refractivity contribution in [1.29, 1.82) is 0 Å². The Morgan fingerprint density at radius 3 is 2.04 bits per heavy atom. The minimum atomic E-state index is -3.79. The number of sulfone groups is 1. The molecule has 2 aliphatic heterocycles. The number of ether oxygens (including phenoxy) is 1. The average molecular weight is 738 g/mol. The van der Waals surface area contributed by atoms with Crippen molar-refractivity contribution in [3.63, 3.8) is 0 Å². The van der Waals surface area contributed by atoms with Gasteiger partial charge in [-0.25, -0.2) is 13.2 Å². The van der Waals surface area contributed by atoms with E-state index in [0.29, 0.717) is 36.2 Å². The Labute approximate surface area is 296 Å². The normalized spacial score (nSPS) is 22.5. The van der Waals surface area contributed by atoms with Crippen LogP contribution in [0.15, 0.2) is 70.6 Å². The fraction of sp³-hybridized carbons (Fsp3) is 0.412. The largest absolute Gasteiger partial charge is 0.493 e. The number of benzene rings is 3. The molecule has 2 amide bonds. The number of nitrogens with zero attached hydrogens (tertiary/aromatic N) is 4. The van der Waals surface area contributed by atoms with Crippen LogP contribution in [0.1, 0.15) is 37.5 Å². The molecule has 1 fully saturated rings. The molecule has 2 N–H and O–H groups in total. The van der Waals surface area contributed by atoms with Gasteiger partial charge in [-0.2, -0.15) is 0 Å². The zero-order chi connectivity index (χ0) is 35.0. The third-order valence-corrected chi connectivity index (χ3v) is 11.3. The van der Waals surface area contributed by atoms with Crippen molar-refractivity contribution < 1.29 is 28.2 Å². The van der Waals surface area contributed by atoms with Crippen LogP contribution in [-0.4, -0.2) is 103 Å². The zero-order valence-electron chi connectivity index (χ0n) is 27.2. The molecule has 258 valence electrons. The number of β-amino-alcohol motifs (C(OH)–C–C–N with tert-alkyl or cyclic N) is 1. The van der Waals surface area contributed by atoms with Gasteiger partial charge in [-0.1, -0.05) is 59.1 Å². The maximum absolute atomic E-state index is 15.0. The van der Waals surface area contributed by atoms with Gasteiger partial charge in [0.25, 0.3) is 0 Å². The van der Waals surface area contributed by atoms with Crippen LogP contribution in [0.25, 0.3) is 0 Å². The van der Waals surface area contributed by atoms with Crippen LogP contribution in [0, 0.1) is 0 Å². The lowest BCUT2D eigenvalue weighted by atomic mass is 9.71. The molecule has 0 aromatic heterocycles. The first kappa shape index (κ1) is 36.4. The minimum absolute atomic E-state index is 0.0108. The molecule has 0 radical (unpaired) electrons. The van der Waals surface area contributed by atoms with Gasteiger partial charge in [-0.15, -0.1) is 0 Å². The fourth-order valence-corrected chi connectivity index (χ4v) is 8.03. The van der Waals surface area contributed by atoms with Crippen LogP contribution in [0.5, 0.6) is 5.75 Å². The first-order chi connectivity index (χ1) is 22.6. The lowest BCUT2D eigenvalue weighted by Crippen LogP contribution is -2.61. The number of hydrogen-bond acceptors (Lipinski definition) is 8. The summed E-state index contributed by atoms with van der Waals surface area (Å²) >= 11 is 19.2. The average Bonchev–Trinajstić information content (AvgIpc) is 3.29. The molecule has 2 aliphatic rings. The molecule has 48 heavy (non-hydrogen) atoms. The van der Waals surface area contributed by atoms with E-state index in [1.165, 1.54) is 12.1 Å². The minimum Gasteiger partial charge on any atom is -0.493 e. The summed E-state index contributed by atoms with van der Waals surface area (Å²) in [5.74, 6) is 0.478. The molecular weight excluding hydrogens is 699 g/mol. The highest BCUT2D eigenvalue weighted by atomic mass is 35.5. The van der Waals surface area contributed by atoms with Crippen LogP contribution >= 0.6 is 34.8 Å². The first-order valence-corrected chi connectivity index (χ1v) is 18.6. The first-order valence-electron chi connectivity index (χ1n) is 15.5. The number of carbonyl (C=O) groups is 1. The Balaban J connectivity index is 1.76. The lowest BCUT2D eigenvalue weighted by Gasteiger charge is -2.47. The second kappa shape index (κ2) is 14.1. The van der Waals surface area contributed by atoms with Gasteiger partial charge in [0.05, 0.1) is 34.8 Å². The molecule has 5 rings (SSSR count). The maximum atomic E-state index is 15.0. The van der Waals surface area contributed by atoms with Crippen LogP contribution in [0.3, 0.4) is 0 Å². The summed E-state index contributed by atoms with van der Waals surface area (Å²) in [5, 5.41) is 20.4. The number of rotatable bonds is 9. The number of amidine groups is 1. The Hall–Kier alpha value is -2.90. The molecule has 3 aromatic carbocycles. The summed E-state index contributed by atoms with van der Waals surface area (Å²) in [6, 6.07) is 17.0. The highest BCUT2D eigenvalue weighted by Crippen LogP contribution is 2.54. The second-order valence-electron chi connectivity index (χ2n) is 12.3. The number of carbonyl (C=O) groups excluding carboxylic acids is 1. The van der Waals surface area contributed by atoms with Gasteiger partial charge < -0.3 is 19.8 Å². The molecule has 3 aromatic rings. The molecule has 0 spiro atoms. The molecule has 0 bridgehead atoms. The van der Waals surface area contributed by atoms with Crippen molar-refractivity contribution in [2.75, 3.05) is 52.2 Å². The SMILES string of the molecule is CCOc1cc(Cl)c(S(C)(=O)=O)cc1C1=N[C@@](C)(c2ccc(Cl)cc2)[C@@](C)(c2ccc(Cl)cc2)N1C(=O)N1CCN(C[C@H](O)CO)CC1. The molecule has 0 unspecified atom stereocenters. The lowest BCUT2D eigenvalue weighted by molar-refractivity contribution is 0.0390. The van der Waals surface area contributed by atoms with E-state index in [0.717, 1.165) is 17.4 Å². The van der Waals surface area contributed by atoms with Crippen molar-refractivity contribution in [2.24, 2.45) is 4.99 Å². The Kier molecular flexibility index (Phi) is 10.7. The van der Waals surface area contributed by atoms with Crippen molar-refractivity contribution >= 4 is 56.5 Å². The number of aliphatic hydroxyl groups excluding tert-OH is 2. The number of halogens is 3. The van der Waals surface area contributed by atoms with Gasteiger partial charge in [0.15, 0.2) is 9.84 Å². The maximum Gasteiger partial charge on any atom is 0.326 e. The summed E-state index contributed by atoms with van der Waals surface area (Å²) in [7, 11) is -3.79. The van der Waals surface area contributed by atoms with Crippen molar-refractivity contribution in [1.82, 2.24) is 14.7 Å². The van der Waals surface area contributed by atoms with Crippen molar-refractivity contribution in [3.8, 4) is 5.75 Å². The van der Waals surface area contributed by atoms with Crippen LogP contribution in [0.2, 0.25) is 15.1 Å². The van der Waals surface area contributed by atoms with E-state index < -0.39 is 27.0 Å². The summed E-state index contributed by atoms with van der Waals surface area (Å²) in [4.78, 5) is 25.6. The molecule has 2 heterocycles. The van der Waals surface area contributed by atoms with Gasteiger partial charge >= 0.3 is 6.03 Å². The Morgan fingerprint density at radius 1 is 0.958 bits per heavy atom. The topological polar surface area (TPSA) is 123 Å². The number of piperazine rings is 1. The van der Waals surface area contributed by atoms with Crippen LogP contribution in [-0.2, 0) is 20.9 Å². The molecule has 1 saturated heterocycles. The van der Waals surface area contributed by atoms with Crippen LogP contribution in [0.4, 0.5) is 4.79 Å². The summed E-state index contributed by atoms with van der Waals surface area (Å²) < 4.78 is 31.9. The number of aliphatic hydroxyl groups is 2. The summed E-state index contributed by atoms with van der Waals surface area (Å²) in [6.07, 6.45) is 0.185. The van der Waals surface area contributed by atoms with Gasteiger partial charge in [0, 0.05) is 55.1 Å². The van der Waals surface area contributed by atoms with E-state index in [1.54, 1.807) is 41.0 Å².